The molecule has 0 aromatic heterocycles. The number of allylic oxidation sites excluding steroid dienone is 4. The highest BCUT2D eigenvalue weighted by molar-refractivity contribution is 4.92. The minimum absolute atomic E-state index is 0.904. The normalized spacial score (nSPS) is 36.7. The van der Waals surface area contributed by atoms with Gasteiger partial charge in [0.25, 0.3) is 0 Å². The highest BCUT2D eigenvalue weighted by Gasteiger charge is 2.31. The molecule has 0 aromatic carbocycles. The maximum Gasteiger partial charge on any atom is -0.0233 e. The van der Waals surface area contributed by atoms with Gasteiger partial charge in [-0.05, 0) is 138 Å². The third-order valence-electron chi connectivity index (χ3n) is 11.6. The van der Waals surface area contributed by atoms with Gasteiger partial charge in [0.2, 0.25) is 0 Å². The van der Waals surface area contributed by atoms with E-state index in [-0.39, 0.29) is 0 Å². The summed E-state index contributed by atoms with van der Waals surface area (Å²) in [6, 6.07) is 0. The molecule has 0 radical (unpaired) electrons. The molecule has 0 atom stereocenters. The summed E-state index contributed by atoms with van der Waals surface area (Å²) in [5.74, 6) is 8.29. The van der Waals surface area contributed by atoms with Gasteiger partial charge in [0.15, 0.2) is 0 Å². The number of rotatable bonds is 10. The van der Waals surface area contributed by atoms with E-state index in [0.717, 1.165) is 47.3 Å². The summed E-state index contributed by atoms with van der Waals surface area (Å²) < 4.78 is 0. The van der Waals surface area contributed by atoms with E-state index in [9.17, 15) is 0 Å². The van der Waals surface area contributed by atoms with E-state index in [2.05, 4.69) is 52.0 Å². The zero-order chi connectivity index (χ0) is 27.0. The molecule has 0 aliphatic heterocycles. The standard InChI is InChI=1S/C20H36.C18H32/c1-3-5-6-8-18-11-15-20(16-12-18)19-13-9-17(7-4-2)10-14-19;1-3-5-15-7-11-17(12-8-15)18-13-9-16(6-4-2)10-14-18/h4,7,17-20H,3,5-6,8-16H2,1-2H3;3,5,15-18H,4,6-14H2,1-2H3/b7-4+;5-3+. The lowest BCUT2D eigenvalue weighted by molar-refractivity contribution is 0.151. The average molecular weight is 525 g/mol. The molecule has 0 N–H and O–H groups in total. The predicted molar refractivity (Wildman–Crippen MR) is 170 cm³/mol. The smallest absolute Gasteiger partial charge is 0.0233 e. The van der Waals surface area contributed by atoms with Gasteiger partial charge in [0, 0.05) is 0 Å². The van der Waals surface area contributed by atoms with Gasteiger partial charge in [-0.2, -0.15) is 0 Å². The molecule has 0 spiro atoms. The zero-order valence-corrected chi connectivity index (χ0v) is 26.5. The maximum atomic E-state index is 2.45. The first kappa shape index (κ1) is 32.0. The van der Waals surface area contributed by atoms with Crippen molar-refractivity contribution < 1.29 is 0 Å². The quantitative estimate of drug-likeness (QED) is 0.197. The van der Waals surface area contributed by atoms with Crippen LogP contribution in [0.5, 0.6) is 0 Å². The molecule has 4 fully saturated rings. The van der Waals surface area contributed by atoms with Crippen LogP contribution in [0, 0.1) is 47.3 Å². The predicted octanol–water partition coefficient (Wildman–Crippen LogP) is 12.7. The van der Waals surface area contributed by atoms with Crippen molar-refractivity contribution in [1.82, 2.24) is 0 Å². The topological polar surface area (TPSA) is 0 Å². The molecule has 0 heterocycles. The molecule has 0 unspecified atom stereocenters. The second kappa shape index (κ2) is 18.8. The van der Waals surface area contributed by atoms with E-state index >= 15 is 0 Å². The molecule has 0 heteroatoms. The summed E-state index contributed by atoms with van der Waals surface area (Å²) >= 11 is 0. The van der Waals surface area contributed by atoms with Crippen LogP contribution in [-0.4, -0.2) is 0 Å². The van der Waals surface area contributed by atoms with Gasteiger partial charge < -0.3 is 0 Å². The van der Waals surface area contributed by atoms with Crippen LogP contribution in [0.25, 0.3) is 0 Å². The van der Waals surface area contributed by atoms with Gasteiger partial charge in [-0.1, -0.05) is 102 Å². The molecule has 0 aromatic rings. The zero-order valence-electron chi connectivity index (χ0n) is 26.5. The molecular weight excluding hydrogens is 456 g/mol. The van der Waals surface area contributed by atoms with Crippen LogP contribution in [0.15, 0.2) is 24.3 Å². The maximum absolute atomic E-state index is 2.45. The van der Waals surface area contributed by atoms with Crippen molar-refractivity contribution in [1.29, 1.82) is 0 Å². The van der Waals surface area contributed by atoms with Crippen molar-refractivity contribution in [2.75, 3.05) is 0 Å². The van der Waals surface area contributed by atoms with Crippen molar-refractivity contribution >= 4 is 0 Å². The first-order chi connectivity index (χ1) is 18.7. The third kappa shape index (κ3) is 11.2. The van der Waals surface area contributed by atoms with Gasteiger partial charge in [0.05, 0.1) is 0 Å². The van der Waals surface area contributed by atoms with Crippen LogP contribution >= 0.6 is 0 Å². The lowest BCUT2D eigenvalue weighted by atomic mass is 9.68. The van der Waals surface area contributed by atoms with E-state index in [1.54, 1.807) is 38.5 Å². The van der Waals surface area contributed by atoms with Crippen LogP contribution in [0.3, 0.4) is 0 Å². The minimum Gasteiger partial charge on any atom is -0.0914 e. The Kier molecular flexibility index (Phi) is 15.8. The lowest BCUT2D eigenvalue weighted by Gasteiger charge is -2.37. The highest BCUT2D eigenvalue weighted by atomic mass is 14.4. The Labute approximate surface area is 240 Å². The summed E-state index contributed by atoms with van der Waals surface area (Å²) in [7, 11) is 0. The second-order valence-corrected chi connectivity index (χ2v) is 14.2. The van der Waals surface area contributed by atoms with Gasteiger partial charge >= 0.3 is 0 Å². The number of unbranched alkanes of at least 4 members (excludes halogenated alkanes) is 2. The SMILES string of the molecule is C/C=C/C1CCC(C2CCC(CCC)CC2)CC1.C/C=C/C1CCC(C2CCC(CCCCC)CC2)CC1. The molecule has 4 aliphatic rings. The van der Waals surface area contributed by atoms with Crippen LogP contribution in [0.4, 0.5) is 0 Å². The van der Waals surface area contributed by atoms with Crippen molar-refractivity contribution in [2.45, 2.75) is 169 Å². The molecule has 4 aliphatic carbocycles. The monoisotopic (exact) mass is 525 g/mol. The van der Waals surface area contributed by atoms with Gasteiger partial charge in [-0.25, -0.2) is 0 Å². The Morgan fingerprint density at radius 2 is 0.789 bits per heavy atom. The lowest BCUT2D eigenvalue weighted by Crippen LogP contribution is -2.25. The first-order valence-electron chi connectivity index (χ1n) is 17.9. The molecule has 220 valence electrons. The molecular formula is C38H68. The van der Waals surface area contributed by atoms with Crippen molar-refractivity contribution in [3.63, 3.8) is 0 Å². The molecule has 0 bridgehead atoms. The van der Waals surface area contributed by atoms with Crippen LogP contribution in [0.1, 0.15) is 169 Å². The molecule has 4 saturated carbocycles. The summed E-state index contributed by atoms with van der Waals surface area (Å²) in [5, 5.41) is 0. The fourth-order valence-electron chi connectivity index (χ4n) is 9.15. The van der Waals surface area contributed by atoms with Crippen molar-refractivity contribution in [3.8, 4) is 0 Å². The Morgan fingerprint density at radius 1 is 0.421 bits per heavy atom. The fourth-order valence-corrected chi connectivity index (χ4v) is 9.15. The molecule has 0 nitrogen and oxygen atoms in total. The third-order valence-corrected chi connectivity index (χ3v) is 11.6. The summed E-state index contributed by atoms with van der Waals surface area (Å²) in [4.78, 5) is 0. The van der Waals surface area contributed by atoms with Crippen LogP contribution < -0.4 is 0 Å². The van der Waals surface area contributed by atoms with E-state index in [0.29, 0.717) is 0 Å². The van der Waals surface area contributed by atoms with Gasteiger partial charge in [0.1, 0.15) is 0 Å². The fraction of sp³-hybridized carbons (Fsp3) is 0.895. The average Bonchev–Trinajstić information content (AvgIpc) is 2.96. The molecule has 0 amide bonds. The van der Waals surface area contributed by atoms with Crippen LogP contribution in [0.2, 0.25) is 0 Å². The summed E-state index contributed by atoms with van der Waals surface area (Å²) in [6.45, 7) is 9.00. The summed E-state index contributed by atoms with van der Waals surface area (Å²) in [5.41, 5.74) is 0. The van der Waals surface area contributed by atoms with E-state index < -0.39 is 0 Å². The van der Waals surface area contributed by atoms with Gasteiger partial charge in [-0.3, -0.25) is 0 Å². The van der Waals surface area contributed by atoms with Crippen LogP contribution in [-0.2, 0) is 0 Å². The second-order valence-electron chi connectivity index (χ2n) is 14.2. The molecule has 38 heavy (non-hydrogen) atoms. The van der Waals surface area contributed by atoms with E-state index in [1.165, 1.54) is 103 Å². The Bertz CT molecular complexity index is 610. The Balaban J connectivity index is 0.000000212. The molecule has 4 rings (SSSR count). The van der Waals surface area contributed by atoms with E-state index in [1.807, 2.05) is 0 Å². The Morgan fingerprint density at radius 3 is 1.13 bits per heavy atom. The Hall–Kier alpha value is -0.520. The van der Waals surface area contributed by atoms with E-state index in [4.69, 9.17) is 0 Å². The molecule has 0 saturated heterocycles. The minimum atomic E-state index is 0.904. The number of hydrogen-bond donors (Lipinski definition) is 0. The highest BCUT2D eigenvalue weighted by Crippen LogP contribution is 2.43. The van der Waals surface area contributed by atoms with Gasteiger partial charge in [-0.15, -0.1) is 0 Å². The first-order valence-corrected chi connectivity index (χ1v) is 17.9. The number of hydrogen-bond acceptors (Lipinski definition) is 0. The van der Waals surface area contributed by atoms with Crippen molar-refractivity contribution in [3.05, 3.63) is 24.3 Å². The summed E-state index contributed by atoms with van der Waals surface area (Å²) in [6.07, 6.45) is 42.4. The van der Waals surface area contributed by atoms with Crippen molar-refractivity contribution in [2.24, 2.45) is 47.3 Å². The largest absolute Gasteiger partial charge is 0.0914 e.